The molecule has 1 aromatic carbocycles. The van der Waals surface area contributed by atoms with E-state index in [9.17, 15) is 5.26 Å². The second kappa shape index (κ2) is 6.12. The molecule has 2 aromatic rings. The van der Waals surface area contributed by atoms with Gasteiger partial charge in [0.2, 0.25) is 5.69 Å². The van der Waals surface area contributed by atoms with Gasteiger partial charge in [-0.3, -0.25) is 0 Å². The Hall–Kier alpha value is -2.83. The first-order valence-electron chi connectivity index (χ1n) is 7.20. The highest BCUT2D eigenvalue weighted by Crippen LogP contribution is 2.38. The van der Waals surface area contributed by atoms with Crippen LogP contribution in [0.25, 0.3) is 16.0 Å². The van der Waals surface area contributed by atoms with Gasteiger partial charge in [-0.1, -0.05) is 24.4 Å². The van der Waals surface area contributed by atoms with Crippen LogP contribution in [0, 0.1) is 28.5 Å². The molecular weight excluding hydrogens is 308 g/mol. The second-order valence-electron chi connectivity index (χ2n) is 5.47. The Balaban J connectivity index is 2.02. The molecule has 23 heavy (non-hydrogen) atoms. The molecule has 5 nitrogen and oxygen atoms in total. The van der Waals surface area contributed by atoms with Crippen molar-refractivity contribution in [2.45, 2.75) is 12.8 Å². The van der Waals surface area contributed by atoms with E-state index >= 15 is 0 Å². The van der Waals surface area contributed by atoms with Gasteiger partial charge in [-0.15, -0.1) is 0 Å². The first-order valence-corrected chi connectivity index (χ1v) is 7.61. The van der Waals surface area contributed by atoms with Gasteiger partial charge in [0.1, 0.15) is 22.3 Å². The van der Waals surface area contributed by atoms with Crippen LogP contribution in [-0.2, 0) is 0 Å². The van der Waals surface area contributed by atoms with E-state index in [-0.39, 0.29) is 21.7 Å². The van der Waals surface area contributed by atoms with E-state index in [0.29, 0.717) is 11.5 Å². The fourth-order valence-corrected chi connectivity index (χ4v) is 2.59. The van der Waals surface area contributed by atoms with Crippen molar-refractivity contribution < 1.29 is 4.74 Å². The summed E-state index contributed by atoms with van der Waals surface area (Å²) >= 11 is 5.15. The van der Waals surface area contributed by atoms with Crippen molar-refractivity contribution >= 4 is 23.7 Å². The minimum atomic E-state index is 0.174. The zero-order valence-electron chi connectivity index (χ0n) is 12.3. The molecule has 114 valence electrons. The lowest BCUT2D eigenvalue weighted by atomic mass is 10.00. The van der Waals surface area contributed by atoms with Crippen molar-refractivity contribution in [3.8, 4) is 22.9 Å². The minimum Gasteiger partial charge on any atom is -0.493 e. The third-order valence-electron chi connectivity index (χ3n) is 3.77. The summed E-state index contributed by atoms with van der Waals surface area (Å²) in [7, 11) is 0. The molecule has 0 unspecified atom stereocenters. The molecule has 0 aliphatic heterocycles. The first-order chi connectivity index (χ1) is 11.1. The quantitative estimate of drug-likeness (QED) is 0.653. The standard InChI is InChI=1S/C17H14N4OS/c1-20-15-14(13(8-18)17(23)21-16(15)19)11-4-6-12(7-5-11)22-9-10-2-3-10/h4-7,10H,2-3,9H2,(H3,19,21,23). The lowest BCUT2D eigenvalue weighted by Gasteiger charge is -2.11. The summed E-state index contributed by atoms with van der Waals surface area (Å²) in [5.74, 6) is 1.63. The summed E-state index contributed by atoms with van der Waals surface area (Å²) in [5.41, 5.74) is 7.50. The molecule has 1 heterocycles. The van der Waals surface area contributed by atoms with Crippen molar-refractivity contribution in [2.24, 2.45) is 5.92 Å². The smallest absolute Gasteiger partial charge is 0.234 e. The maximum absolute atomic E-state index is 9.37. The summed E-state index contributed by atoms with van der Waals surface area (Å²) < 4.78 is 5.94. The van der Waals surface area contributed by atoms with Gasteiger partial charge < -0.3 is 15.5 Å². The van der Waals surface area contributed by atoms with Gasteiger partial charge in [0.15, 0.2) is 0 Å². The predicted molar refractivity (Wildman–Crippen MR) is 90.7 cm³/mol. The number of ether oxygens (including phenoxy) is 1. The molecule has 0 saturated heterocycles. The third kappa shape index (κ3) is 3.03. The molecule has 3 rings (SSSR count). The first kappa shape index (κ1) is 15.1. The summed E-state index contributed by atoms with van der Waals surface area (Å²) in [6, 6.07) is 9.37. The number of nitrogen functional groups attached to an aromatic ring is 1. The van der Waals surface area contributed by atoms with Gasteiger partial charge in [-0.2, -0.15) is 5.26 Å². The molecule has 0 radical (unpaired) electrons. The minimum absolute atomic E-state index is 0.174. The van der Waals surface area contributed by atoms with Crippen LogP contribution in [0.1, 0.15) is 18.4 Å². The molecule has 1 fully saturated rings. The number of H-pyrrole nitrogens is 1. The molecule has 6 heteroatoms. The maximum Gasteiger partial charge on any atom is 0.234 e. The van der Waals surface area contributed by atoms with Gasteiger partial charge in [0.25, 0.3) is 0 Å². The number of pyridine rings is 1. The van der Waals surface area contributed by atoms with E-state index in [1.165, 1.54) is 12.8 Å². The number of anilines is 1. The zero-order valence-corrected chi connectivity index (χ0v) is 13.1. The Morgan fingerprint density at radius 2 is 2.09 bits per heavy atom. The average molecular weight is 322 g/mol. The average Bonchev–Trinajstić information content (AvgIpc) is 3.37. The summed E-state index contributed by atoms with van der Waals surface area (Å²) in [6.45, 7) is 8.07. The number of nitrogens with one attached hydrogen (secondary N) is 1. The van der Waals surface area contributed by atoms with Crippen LogP contribution in [0.5, 0.6) is 5.75 Å². The van der Waals surface area contributed by atoms with E-state index in [4.69, 9.17) is 29.3 Å². The second-order valence-corrected chi connectivity index (χ2v) is 5.88. The van der Waals surface area contributed by atoms with Crippen LogP contribution >= 0.6 is 12.2 Å². The molecular formula is C17H14N4OS. The molecule has 1 aliphatic carbocycles. The number of aromatic nitrogens is 1. The lowest BCUT2D eigenvalue weighted by molar-refractivity contribution is 0.300. The van der Waals surface area contributed by atoms with Crippen molar-refractivity contribution in [1.29, 1.82) is 5.26 Å². The van der Waals surface area contributed by atoms with Gasteiger partial charge in [-0.05, 0) is 36.5 Å². The Morgan fingerprint density at radius 3 is 2.65 bits per heavy atom. The Labute approximate surface area is 139 Å². The van der Waals surface area contributed by atoms with E-state index < -0.39 is 0 Å². The number of hydrogen-bond acceptors (Lipinski definition) is 4. The Kier molecular flexibility index (Phi) is 4.01. The normalized spacial score (nSPS) is 13.1. The highest BCUT2D eigenvalue weighted by molar-refractivity contribution is 7.71. The van der Waals surface area contributed by atoms with E-state index in [1.807, 2.05) is 24.3 Å². The fourth-order valence-electron chi connectivity index (χ4n) is 2.33. The highest BCUT2D eigenvalue weighted by Gasteiger charge is 2.22. The van der Waals surface area contributed by atoms with Crippen molar-refractivity contribution in [3.63, 3.8) is 0 Å². The molecule has 0 amide bonds. The van der Waals surface area contributed by atoms with E-state index in [1.54, 1.807) is 0 Å². The number of nitrogens with two attached hydrogens (primary N) is 1. The van der Waals surface area contributed by atoms with Crippen LogP contribution in [0.3, 0.4) is 0 Å². The van der Waals surface area contributed by atoms with Crippen LogP contribution in [0.2, 0.25) is 0 Å². The number of rotatable bonds is 4. The molecule has 0 spiro atoms. The van der Waals surface area contributed by atoms with Crippen molar-refractivity contribution in [1.82, 2.24) is 4.98 Å². The van der Waals surface area contributed by atoms with Crippen LogP contribution in [-0.4, -0.2) is 11.6 Å². The van der Waals surface area contributed by atoms with Gasteiger partial charge in [0.05, 0.1) is 18.7 Å². The van der Waals surface area contributed by atoms with Crippen LogP contribution in [0.15, 0.2) is 24.3 Å². The van der Waals surface area contributed by atoms with Gasteiger partial charge in [-0.25, -0.2) is 4.85 Å². The summed E-state index contributed by atoms with van der Waals surface area (Å²) in [5, 5.41) is 9.37. The largest absolute Gasteiger partial charge is 0.493 e. The predicted octanol–water partition coefficient (Wildman–Crippen LogP) is 4.20. The number of nitriles is 1. The monoisotopic (exact) mass is 322 g/mol. The van der Waals surface area contributed by atoms with Gasteiger partial charge >= 0.3 is 0 Å². The molecule has 3 N–H and O–H groups in total. The third-order valence-corrected chi connectivity index (χ3v) is 4.07. The Bertz CT molecular complexity index is 883. The topological polar surface area (TPSA) is 79.2 Å². The van der Waals surface area contributed by atoms with Gasteiger partial charge in [0, 0.05) is 5.56 Å². The number of benzene rings is 1. The molecule has 1 aliphatic rings. The van der Waals surface area contributed by atoms with Crippen molar-refractivity contribution in [2.75, 3.05) is 12.3 Å². The van der Waals surface area contributed by atoms with Crippen molar-refractivity contribution in [3.05, 3.63) is 45.9 Å². The van der Waals surface area contributed by atoms with Crippen LogP contribution in [0.4, 0.5) is 11.5 Å². The van der Waals surface area contributed by atoms with E-state index in [0.717, 1.165) is 17.9 Å². The molecule has 1 saturated carbocycles. The summed E-state index contributed by atoms with van der Waals surface area (Å²) in [6.07, 6.45) is 2.47. The molecule has 1 aromatic heterocycles. The zero-order chi connectivity index (χ0) is 16.4. The van der Waals surface area contributed by atoms with E-state index in [2.05, 4.69) is 15.9 Å². The molecule has 0 atom stereocenters. The fraction of sp³-hybridized carbons (Fsp3) is 0.235. The number of nitrogens with zero attached hydrogens (tertiary/aromatic N) is 2. The van der Waals surface area contributed by atoms with Crippen LogP contribution < -0.4 is 10.5 Å². The Morgan fingerprint density at radius 1 is 1.39 bits per heavy atom. The highest BCUT2D eigenvalue weighted by atomic mass is 32.1. The maximum atomic E-state index is 9.37. The number of hydrogen-bond donors (Lipinski definition) is 2. The summed E-state index contributed by atoms with van der Waals surface area (Å²) in [4.78, 5) is 6.15. The lowest BCUT2D eigenvalue weighted by Crippen LogP contribution is -1.99. The molecule has 0 bridgehead atoms. The SMILES string of the molecule is [C-]#[N+]c1c(N)[nH]c(=S)c(C#N)c1-c1ccc(OCC2CC2)cc1. The number of aromatic amines is 1.